The van der Waals surface area contributed by atoms with E-state index in [1.165, 1.54) is 5.56 Å². The summed E-state index contributed by atoms with van der Waals surface area (Å²) in [6, 6.07) is 25.5. The van der Waals surface area contributed by atoms with Crippen LogP contribution in [-0.2, 0) is 16.0 Å². The smallest absolute Gasteiger partial charge is 0.363 e. The molecule has 0 aliphatic carbocycles. The summed E-state index contributed by atoms with van der Waals surface area (Å²) in [5.74, 6) is 0.702. The van der Waals surface area contributed by atoms with Gasteiger partial charge in [0, 0.05) is 12.0 Å². The lowest BCUT2D eigenvalue weighted by Crippen LogP contribution is -2.06. The second kappa shape index (κ2) is 8.57. The van der Waals surface area contributed by atoms with Crippen molar-refractivity contribution in [2.45, 2.75) is 13.3 Å². The number of hydrogen-bond donors (Lipinski definition) is 0. The molecule has 0 N–H and O–H groups in total. The molecule has 0 fully saturated rings. The monoisotopic (exact) mass is 383 g/mol. The molecule has 0 saturated heterocycles. The van der Waals surface area contributed by atoms with E-state index in [1.807, 2.05) is 73.7 Å². The fourth-order valence-corrected chi connectivity index (χ4v) is 3.09. The molecule has 0 amide bonds. The van der Waals surface area contributed by atoms with Crippen molar-refractivity contribution in [2.75, 3.05) is 6.61 Å². The molecule has 3 aromatic rings. The standard InChI is InChI=1S/C25H21NO3/c1-18-7-5-6-10-22(18)24-26-23(25(27)29-24)17-20-11-13-21(14-12-20)28-16-15-19-8-3-2-4-9-19/h2-14,17H,15-16H2,1H3/b23-17-. The van der Waals surface area contributed by atoms with E-state index in [-0.39, 0.29) is 0 Å². The zero-order valence-corrected chi connectivity index (χ0v) is 16.2. The Balaban J connectivity index is 1.42. The first kappa shape index (κ1) is 18.7. The summed E-state index contributed by atoms with van der Waals surface area (Å²) in [5.41, 5.74) is 4.24. The van der Waals surface area contributed by atoms with Crippen molar-refractivity contribution in [2.24, 2.45) is 4.99 Å². The summed E-state index contributed by atoms with van der Waals surface area (Å²) in [5, 5.41) is 0. The summed E-state index contributed by atoms with van der Waals surface area (Å²) >= 11 is 0. The van der Waals surface area contributed by atoms with E-state index in [4.69, 9.17) is 9.47 Å². The minimum absolute atomic E-state index is 0.293. The Morgan fingerprint density at radius 1 is 0.931 bits per heavy atom. The maximum Gasteiger partial charge on any atom is 0.363 e. The van der Waals surface area contributed by atoms with Gasteiger partial charge in [0.1, 0.15) is 5.75 Å². The van der Waals surface area contributed by atoms with Crippen LogP contribution >= 0.6 is 0 Å². The lowest BCUT2D eigenvalue weighted by atomic mass is 10.1. The van der Waals surface area contributed by atoms with Gasteiger partial charge in [-0.3, -0.25) is 0 Å². The number of esters is 1. The number of aryl methyl sites for hydroxylation is 1. The molecule has 29 heavy (non-hydrogen) atoms. The third kappa shape index (κ3) is 4.61. The van der Waals surface area contributed by atoms with Gasteiger partial charge in [0.2, 0.25) is 5.90 Å². The van der Waals surface area contributed by atoms with Crippen LogP contribution in [0.25, 0.3) is 6.08 Å². The van der Waals surface area contributed by atoms with Crippen LogP contribution in [0, 0.1) is 6.92 Å². The van der Waals surface area contributed by atoms with Gasteiger partial charge in [-0.05, 0) is 47.9 Å². The molecular weight excluding hydrogens is 362 g/mol. The number of carbonyl (C=O) groups excluding carboxylic acids is 1. The Kier molecular flexibility index (Phi) is 5.52. The molecule has 144 valence electrons. The molecule has 0 saturated carbocycles. The van der Waals surface area contributed by atoms with Crippen molar-refractivity contribution in [3.05, 3.63) is 107 Å². The lowest BCUT2D eigenvalue weighted by Gasteiger charge is -2.06. The number of carbonyl (C=O) groups is 1. The first-order valence-corrected chi connectivity index (χ1v) is 9.54. The van der Waals surface area contributed by atoms with E-state index < -0.39 is 5.97 Å². The molecule has 4 rings (SSSR count). The summed E-state index contributed by atoms with van der Waals surface area (Å²) in [6.45, 7) is 2.57. The van der Waals surface area contributed by atoms with Crippen LogP contribution in [0.4, 0.5) is 0 Å². The van der Waals surface area contributed by atoms with Crippen LogP contribution in [-0.4, -0.2) is 18.5 Å². The SMILES string of the molecule is Cc1ccccc1C1=N/C(=C\c2ccc(OCCc3ccccc3)cc2)C(=O)O1. The fraction of sp³-hybridized carbons (Fsp3) is 0.120. The van der Waals surface area contributed by atoms with Crippen LogP contribution in [0.3, 0.4) is 0 Å². The predicted octanol–water partition coefficient (Wildman–Crippen LogP) is 4.96. The van der Waals surface area contributed by atoms with Gasteiger partial charge in [-0.25, -0.2) is 9.79 Å². The minimum atomic E-state index is -0.438. The molecule has 4 heteroatoms. The molecule has 0 atom stereocenters. The number of aliphatic imine (C=N–C) groups is 1. The minimum Gasteiger partial charge on any atom is -0.493 e. The highest BCUT2D eigenvalue weighted by Crippen LogP contribution is 2.22. The van der Waals surface area contributed by atoms with Crippen molar-refractivity contribution < 1.29 is 14.3 Å². The Morgan fingerprint density at radius 3 is 2.41 bits per heavy atom. The second-order valence-electron chi connectivity index (χ2n) is 6.80. The third-order valence-corrected chi connectivity index (χ3v) is 4.68. The van der Waals surface area contributed by atoms with Crippen molar-refractivity contribution in [3.8, 4) is 5.75 Å². The summed E-state index contributed by atoms with van der Waals surface area (Å²) in [4.78, 5) is 16.6. The van der Waals surface area contributed by atoms with E-state index in [1.54, 1.807) is 6.08 Å². The predicted molar refractivity (Wildman–Crippen MR) is 114 cm³/mol. The molecule has 0 radical (unpaired) electrons. The van der Waals surface area contributed by atoms with E-state index in [9.17, 15) is 4.79 Å². The summed E-state index contributed by atoms with van der Waals surface area (Å²) < 4.78 is 11.2. The molecule has 4 nitrogen and oxygen atoms in total. The normalized spacial score (nSPS) is 14.6. The maximum absolute atomic E-state index is 12.2. The van der Waals surface area contributed by atoms with Gasteiger partial charge in [-0.2, -0.15) is 0 Å². The highest BCUT2D eigenvalue weighted by molar-refractivity contribution is 6.13. The van der Waals surface area contributed by atoms with Gasteiger partial charge >= 0.3 is 5.97 Å². The number of benzene rings is 3. The largest absolute Gasteiger partial charge is 0.493 e. The number of hydrogen-bond acceptors (Lipinski definition) is 4. The van der Waals surface area contributed by atoms with Gasteiger partial charge in [0.25, 0.3) is 0 Å². The Morgan fingerprint density at radius 2 is 1.66 bits per heavy atom. The quantitative estimate of drug-likeness (QED) is 0.446. The molecule has 0 spiro atoms. The summed E-state index contributed by atoms with van der Waals surface area (Å²) in [7, 11) is 0. The third-order valence-electron chi connectivity index (χ3n) is 4.68. The highest BCUT2D eigenvalue weighted by atomic mass is 16.6. The summed E-state index contributed by atoms with van der Waals surface area (Å²) in [6.07, 6.45) is 2.58. The zero-order chi connectivity index (χ0) is 20.1. The van der Waals surface area contributed by atoms with E-state index in [0.29, 0.717) is 18.2 Å². The molecular formula is C25H21NO3. The maximum atomic E-state index is 12.2. The number of rotatable bonds is 6. The van der Waals surface area contributed by atoms with E-state index in [2.05, 4.69) is 17.1 Å². The lowest BCUT2D eigenvalue weighted by molar-refractivity contribution is -0.129. The average molecular weight is 383 g/mol. The zero-order valence-electron chi connectivity index (χ0n) is 16.2. The van der Waals surface area contributed by atoms with E-state index in [0.717, 1.165) is 28.9 Å². The fourth-order valence-electron chi connectivity index (χ4n) is 3.09. The first-order valence-electron chi connectivity index (χ1n) is 9.54. The highest BCUT2D eigenvalue weighted by Gasteiger charge is 2.24. The number of ether oxygens (including phenoxy) is 2. The van der Waals surface area contributed by atoms with Crippen molar-refractivity contribution in [1.29, 1.82) is 0 Å². The molecule has 0 unspecified atom stereocenters. The van der Waals surface area contributed by atoms with Gasteiger partial charge in [-0.1, -0.05) is 60.7 Å². The van der Waals surface area contributed by atoms with Crippen molar-refractivity contribution in [1.82, 2.24) is 0 Å². The number of cyclic esters (lactones) is 1. The first-order chi connectivity index (χ1) is 14.2. The van der Waals surface area contributed by atoms with Crippen LogP contribution in [0.15, 0.2) is 89.6 Å². The van der Waals surface area contributed by atoms with Gasteiger partial charge in [0.15, 0.2) is 5.70 Å². The van der Waals surface area contributed by atoms with Crippen LogP contribution in [0.2, 0.25) is 0 Å². The van der Waals surface area contributed by atoms with E-state index >= 15 is 0 Å². The van der Waals surface area contributed by atoms with Gasteiger partial charge in [-0.15, -0.1) is 0 Å². The molecule has 1 aliphatic rings. The topological polar surface area (TPSA) is 47.9 Å². The molecule has 0 bridgehead atoms. The van der Waals surface area contributed by atoms with Crippen LogP contribution in [0.5, 0.6) is 5.75 Å². The molecule has 1 heterocycles. The van der Waals surface area contributed by atoms with Crippen LogP contribution < -0.4 is 4.74 Å². The molecule has 0 aromatic heterocycles. The van der Waals surface area contributed by atoms with Gasteiger partial charge < -0.3 is 9.47 Å². The number of nitrogens with zero attached hydrogens (tertiary/aromatic N) is 1. The van der Waals surface area contributed by atoms with Crippen molar-refractivity contribution in [3.63, 3.8) is 0 Å². The second-order valence-corrected chi connectivity index (χ2v) is 6.80. The molecule has 1 aliphatic heterocycles. The Bertz CT molecular complexity index is 1070. The average Bonchev–Trinajstić information content (AvgIpc) is 3.10. The molecule has 3 aromatic carbocycles. The van der Waals surface area contributed by atoms with Gasteiger partial charge in [0.05, 0.1) is 6.61 Å². The Labute approximate surface area is 170 Å². The Hall–Kier alpha value is -3.66. The van der Waals surface area contributed by atoms with Crippen LogP contribution in [0.1, 0.15) is 22.3 Å². The van der Waals surface area contributed by atoms with Crippen molar-refractivity contribution >= 4 is 17.9 Å².